The van der Waals surface area contributed by atoms with E-state index in [-0.39, 0.29) is 5.91 Å². The van der Waals surface area contributed by atoms with Crippen molar-refractivity contribution in [2.45, 2.75) is 12.8 Å². The van der Waals surface area contributed by atoms with Crippen molar-refractivity contribution >= 4 is 5.91 Å². The minimum Gasteiger partial charge on any atom is -0.334 e. The summed E-state index contributed by atoms with van der Waals surface area (Å²) in [5, 5.41) is 0. The monoisotopic (exact) mass is 334 g/mol. The molecule has 1 amide bonds. The quantitative estimate of drug-likeness (QED) is 0.623. The number of likely N-dealkylation sites (tertiary alicyclic amines) is 1. The fourth-order valence-corrected chi connectivity index (χ4v) is 3.62. The molecule has 2 saturated heterocycles. The first-order valence-electron chi connectivity index (χ1n) is 9.25. The average Bonchev–Trinajstić information content (AvgIpc) is 2.58. The fourth-order valence-electron chi connectivity index (χ4n) is 3.62. The van der Waals surface area contributed by atoms with Crippen molar-refractivity contribution in [3.05, 3.63) is 25.3 Å². The zero-order valence-electron chi connectivity index (χ0n) is 15.3. The average molecular weight is 335 g/mol. The summed E-state index contributed by atoms with van der Waals surface area (Å²) in [7, 11) is 2.22. The smallest absolute Gasteiger partial charge is 0.237 e. The summed E-state index contributed by atoms with van der Waals surface area (Å²) < 4.78 is 0. The van der Waals surface area contributed by atoms with Gasteiger partial charge in [0.1, 0.15) is 0 Å². The molecular formula is C19H34N4O. The van der Waals surface area contributed by atoms with Gasteiger partial charge in [-0.05, 0) is 38.9 Å². The van der Waals surface area contributed by atoms with Gasteiger partial charge >= 0.3 is 0 Å². The van der Waals surface area contributed by atoms with Gasteiger partial charge in [0.2, 0.25) is 5.91 Å². The van der Waals surface area contributed by atoms with Crippen LogP contribution in [0.5, 0.6) is 0 Å². The van der Waals surface area contributed by atoms with Gasteiger partial charge in [-0.25, -0.2) is 0 Å². The van der Waals surface area contributed by atoms with E-state index < -0.39 is 0 Å². The highest BCUT2D eigenvalue weighted by Crippen LogP contribution is 2.18. The predicted molar refractivity (Wildman–Crippen MR) is 100 cm³/mol. The number of piperidine rings is 1. The number of piperazine rings is 1. The molecule has 0 aliphatic carbocycles. The van der Waals surface area contributed by atoms with Crippen molar-refractivity contribution in [2.75, 3.05) is 72.5 Å². The molecule has 0 bridgehead atoms. The van der Waals surface area contributed by atoms with E-state index in [2.05, 4.69) is 34.9 Å². The Morgan fingerprint density at radius 3 is 2.08 bits per heavy atom. The Hall–Kier alpha value is -1.17. The molecule has 2 aliphatic rings. The third-order valence-electron chi connectivity index (χ3n) is 5.23. The maximum Gasteiger partial charge on any atom is 0.237 e. The van der Waals surface area contributed by atoms with Crippen molar-refractivity contribution in [1.29, 1.82) is 0 Å². The maximum atomic E-state index is 12.4. The number of hydrogen-bond acceptors (Lipinski definition) is 4. The standard InChI is InChI=1S/C19H34N4O/c1-4-8-23(9-5-2)19(24)17-22-14-12-21(13-15-22)16-18-6-10-20(3)11-7-18/h4-5,18H,1-2,6-17H2,3H3. The third kappa shape index (κ3) is 6.04. The van der Waals surface area contributed by atoms with Crippen LogP contribution in [0.4, 0.5) is 0 Å². The Kier molecular flexibility index (Phi) is 7.95. The molecule has 2 fully saturated rings. The minimum absolute atomic E-state index is 0.179. The minimum atomic E-state index is 0.179. The zero-order chi connectivity index (χ0) is 17.4. The van der Waals surface area contributed by atoms with Gasteiger partial charge in [-0.3, -0.25) is 9.69 Å². The van der Waals surface area contributed by atoms with E-state index in [1.165, 1.54) is 32.5 Å². The van der Waals surface area contributed by atoms with Crippen molar-refractivity contribution in [3.63, 3.8) is 0 Å². The summed E-state index contributed by atoms with van der Waals surface area (Å²) in [6, 6.07) is 0. The van der Waals surface area contributed by atoms with E-state index >= 15 is 0 Å². The Labute approximate surface area is 147 Å². The molecule has 2 heterocycles. The Bertz CT molecular complexity index is 400. The van der Waals surface area contributed by atoms with Crippen molar-refractivity contribution < 1.29 is 4.79 Å². The first-order chi connectivity index (χ1) is 11.6. The Balaban J connectivity index is 1.69. The third-order valence-corrected chi connectivity index (χ3v) is 5.23. The van der Waals surface area contributed by atoms with Crippen molar-refractivity contribution in [1.82, 2.24) is 19.6 Å². The molecule has 0 spiro atoms. The Morgan fingerprint density at radius 1 is 1.00 bits per heavy atom. The van der Waals surface area contributed by atoms with Crippen LogP contribution in [-0.4, -0.2) is 98.0 Å². The van der Waals surface area contributed by atoms with Crippen molar-refractivity contribution in [2.24, 2.45) is 5.92 Å². The molecular weight excluding hydrogens is 300 g/mol. The summed E-state index contributed by atoms with van der Waals surface area (Å²) in [4.78, 5) is 21.5. The molecule has 2 aliphatic heterocycles. The number of carbonyl (C=O) groups excluding carboxylic acids is 1. The molecule has 0 aromatic heterocycles. The topological polar surface area (TPSA) is 30.0 Å². The van der Waals surface area contributed by atoms with Crippen LogP contribution in [0.15, 0.2) is 25.3 Å². The number of carbonyl (C=O) groups is 1. The molecule has 0 N–H and O–H groups in total. The van der Waals surface area contributed by atoms with E-state index in [0.717, 1.165) is 32.1 Å². The highest BCUT2D eigenvalue weighted by Gasteiger charge is 2.24. The molecule has 0 aromatic rings. The molecule has 24 heavy (non-hydrogen) atoms. The normalized spacial score (nSPS) is 21.5. The lowest BCUT2D eigenvalue weighted by Crippen LogP contribution is -2.51. The van der Waals surface area contributed by atoms with Crippen LogP contribution in [0.3, 0.4) is 0 Å². The van der Waals surface area contributed by atoms with Gasteiger partial charge in [-0.15, -0.1) is 13.2 Å². The summed E-state index contributed by atoms with van der Waals surface area (Å²) >= 11 is 0. The van der Waals surface area contributed by atoms with Crippen LogP contribution in [-0.2, 0) is 4.79 Å². The number of amides is 1. The number of hydrogen-bond donors (Lipinski definition) is 0. The number of rotatable bonds is 8. The predicted octanol–water partition coefficient (Wildman–Crippen LogP) is 1.15. The number of nitrogens with zero attached hydrogens (tertiary/aromatic N) is 4. The Morgan fingerprint density at radius 2 is 1.54 bits per heavy atom. The van der Waals surface area contributed by atoms with Crippen LogP contribution in [0.25, 0.3) is 0 Å². The molecule has 136 valence electrons. The molecule has 5 heteroatoms. The van der Waals surface area contributed by atoms with Gasteiger partial charge < -0.3 is 14.7 Å². The first-order valence-corrected chi connectivity index (χ1v) is 9.25. The van der Waals surface area contributed by atoms with Crippen LogP contribution in [0.2, 0.25) is 0 Å². The molecule has 0 radical (unpaired) electrons. The second-order valence-corrected chi connectivity index (χ2v) is 7.20. The van der Waals surface area contributed by atoms with Crippen LogP contribution in [0.1, 0.15) is 12.8 Å². The molecule has 0 saturated carbocycles. The van der Waals surface area contributed by atoms with Gasteiger partial charge in [0, 0.05) is 45.8 Å². The fraction of sp³-hybridized carbons (Fsp3) is 0.737. The lowest BCUT2D eigenvalue weighted by molar-refractivity contribution is -0.131. The molecule has 5 nitrogen and oxygen atoms in total. The van der Waals surface area contributed by atoms with Crippen LogP contribution >= 0.6 is 0 Å². The zero-order valence-corrected chi connectivity index (χ0v) is 15.3. The van der Waals surface area contributed by atoms with Gasteiger partial charge in [0.05, 0.1) is 6.54 Å². The lowest BCUT2D eigenvalue weighted by Gasteiger charge is -2.38. The van der Waals surface area contributed by atoms with Crippen LogP contribution < -0.4 is 0 Å². The van der Waals surface area contributed by atoms with Gasteiger partial charge in [0.25, 0.3) is 0 Å². The summed E-state index contributed by atoms with van der Waals surface area (Å²) in [5.74, 6) is 1.03. The van der Waals surface area contributed by atoms with E-state index in [4.69, 9.17) is 0 Å². The molecule has 0 aromatic carbocycles. The summed E-state index contributed by atoms with van der Waals surface area (Å²) in [6.45, 7) is 17.0. The lowest BCUT2D eigenvalue weighted by atomic mass is 9.96. The highest BCUT2D eigenvalue weighted by molar-refractivity contribution is 5.78. The largest absolute Gasteiger partial charge is 0.334 e. The summed E-state index contributed by atoms with van der Waals surface area (Å²) in [6.07, 6.45) is 6.21. The first kappa shape index (κ1) is 19.2. The second kappa shape index (κ2) is 9.97. The molecule has 2 rings (SSSR count). The van der Waals surface area contributed by atoms with Crippen LogP contribution in [0, 0.1) is 5.92 Å². The second-order valence-electron chi connectivity index (χ2n) is 7.20. The van der Waals surface area contributed by atoms with E-state index in [1.54, 1.807) is 12.2 Å². The summed E-state index contributed by atoms with van der Waals surface area (Å²) in [5.41, 5.74) is 0. The van der Waals surface area contributed by atoms with Gasteiger partial charge in [-0.2, -0.15) is 0 Å². The SMILES string of the molecule is C=CCN(CC=C)C(=O)CN1CCN(CC2CCN(C)CC2)CC1. The van der Waals surface area contributed by atoms with Gasteiger partial charge in [0.15, 0.2) is 0 Å². The van der Waals surface area contributed by atoms with Gasteiger partial charge in [-0.1, -0.05) is 12.2 Å². The maximum absolute atomic E-state index is 12.4. The highest BCUT2D eigenvalue weighted by atomic mass is 16.2. The van der Waals surface area contributed by atoms with E-state index in [1.807, 2.05) is 4.90 Å². The van der Waals surface area contributed by atoms with E-state index in [9.17, 15) is 4.79 Å². The molecule has 0 atom stereocenters. The molecule has 0 unspecified atom stereocenters. The van der Waals surface area contributed by atoms with E-state index in [0.29, 0.717) is 19.6 Å². The van der Waals surface area contributed by atoms with Crippen molar-refractivity contribution in [3.8, 4) is 0 Å².